The summed E-state index contributed by atoms with van der Waals surface area (Å²) in [5, 5.41) is 0. The zero-order valence-corrected chi connectivity index (χ0v) is 8.99. The Balaban J connectivity index is 0.000000720. The Labute approximate surface area is 81.5 Å². The molecular weight excluding hydrogens is 170 g/mol. The van der Waals surface area contributed by atoms with Crippen LogP contribution < -0.4 is 18.1 Å². The van der Waals surface area contributed by atoms with Crippen LogP contribution in [0.1, 0.15) is 40.0 Å². The van der Waals surface area contributed by atoms with Gasteiger partial charge in [-0.25, -0.2) is 0 Å². The molecule has 2 heteroatoms. The maximum atomic E-state index is 6.23. The molecule has 0 aromatic heterocycles. The smallest absolute Gasteiger partial charge is 0.0147 e. The van der Waals surface area contributed by atoms with Crippen molar-refractivity contribution in [2.75, 3.05) is 0 Å². The molecule has 0 saturated heterocycles. The van der Waals surface area contributed by atoms with Crippen LogP contribution in [0.5, 0.6) is 0 Å². The summed E-state index contributed by atoms with van der Waals surface area (Å²) in [4.78, 5) is 0. The van der Waals surface area contributed by atoms with E-state index in [0.717, 1.165) is 5.92 Å². The predicted octanol–water partition coefficient (Wildman–Crippen LogP) is -0.836. The average Bonchev–Trinajstić information content (AvgIpc) is 2.36. The normalized spacial score (nSPS) is 49.0. The second-order valence-corrected chi connectivity index (χ2v) is 5.39. The van der Waals surface area contributed by atoms with E-state index in [4.69, 9.17) is 5.73 Å². The molecule has 2 bridgehead atoms. The molecule has 12 heavy (non-hydrogen) atoms. The third-order valence-corrected chi connectivity index (χ3v) is 4.38. The van der Waals surface area contributed by atoms with Crippen LogP contribution in [0.2, 0.25) is 0 Å². The zero-order chi connectivity index (χ0) is 8.28. The molecule has 0 aliphatic heterocycles. The van der Waals surface area contributed by atoms with Crippen LogP contribution in [0.3, 0.4) is 0 Å². The van der Waals surface area contributed by atoms with Gasteiger partial charge in [0.15, 0.2) is 0 Å². The fourth-order valence-corrected chi connectivity index (χ4v) is 3.34. The van der Waals surface area contributed by atoms with E-state index < -0.39 is 0 Å². The Morgan fingerprint density at radius 1 is 1.25 bits per heavy atom. The molecular formula is C10H19ClN-. The van der Waals surface area contributed by atoms with E-state index in [1.165, 1.54) is 19.3 Å². The van der Waals surface area contributed by atoms with Gasteiger partial charge in [-0.15, -0.1) is 0 Å². The number of hydrogen-bond donors (Lipinski definition) is 1. The van der Waals surface area contributed by atoms with Gasteiger partial charge in [0.05, 0.1) is 0 Å². The van der Waals surface area contributed by atoms with E-state index in [-0.39, 0.29) is 12.4 Å². The lowest BCUT2D eigenvalue weighted by molar-refractivity contribution is -0.00000324. The SMILES string of the molecule is CC12CCC(C1)C(C)(C)C2N.[Cl-]. The van der Waals surface area contributed by atoms with Crippen molar-refractivity contribution in [3.63, 3.8) is 0 Å². The van der Waals surface area contributed by atoms with Crippen LogP contribution in [0, 0.1) is 16.7 Å². The molecule has 3 unspecified atom stereocenters. The molecule has 0 radical (unpaired) electrons. The Kier molecular flexibility index (Phi) is 2.25. The van der Waals surface area contributed by atoms with Crippen LogP contribution in [0.4, 0.5) is 0 Å². The topological polar surface area (TPSA) is 26.0 Å². The lowest BCUT2D eigenvalue weighted by atomic mass is 9.69. The van der Waals surface area contributed by atoms with Crippen molar-refractivity contribution in [1.82, 2.24) is 0 Å². The van der Waals surface area contributed by atoms with Crippen LogP contribution in [0.15, 0.2) is 0 Å². The summed E-state index contributed by atoms with van der Waals surface area (Å²) >= 11 is 0. The first kappa shape index (κ1) is 10.3. The largest absolute Gasteiger partial charge is 1.00 e. The maximum absolute atomic E-state index is 6.23. The molecule has 2 fully saturated rings. The molecule has 0 heterocycles. The fourth-order valence-electron chi connectivity index (χ4n) is 3.34. The summed E-state index contributed by atoms with van der Waals surface area (Å²) in [6.07, 6.45) is 4.15. The molecule has 2 aliphatic carbocycles. The van der Waals surface area contributed by atoms with Crippen molar-refractivity contribution in [2.24, 2.45) is 22.5 Å². The highest BCUT2D eigenvalue weighted by molar-refractivity contribution is 5.10. The lowest BCUT2D eigenvalue weighted by Crippen LogP contribution is -3.00. The van der Waals surface area contributed by atoms with E-state index >= 15 is 0 Å². The van der Waals surface area contributed by atoms with Crippen LogP contribution >= 0.6 is 0 Å². The van der Waals surface area contributed by atoms with Crippen molar-refractivity contribution < 1.29 is 12.4 Å². The molecule has 0 aromatic carbocycles. The molecule has 2 aliphatic rings. The second kappa shape index (κ2) is 2.62. The number of fused-ring (bicyclic) bond motifs is 2. The van der Waals surface area contributed by atoms with Gasteiger partial charge < -0.3 is 18.1 Å². The Morgan fingerprint density at radius 3 is 2.08 bits per heavy atom. The summed E-state index contributed by atoms with van der Waals surface area (Å²) in [6, 6.07) is 0.439. The van der Waals surface area contributed by atoms with Crippen molar-refractivity contribution in [3.05, 3.63) is 0 Å². The monoisotopic (exact) mass is 188 g/mol. The van der Waals surface area contributed by atoms with Crippen LogP contribution in [0.25, 0.3) is 0 Å². The zero-order valence-electron chi connectivity index (χ0n) is 8.23. The lowest BCUT2D eigenvalue weighted by Gasteiger charge is -2.40. The molecule has 0 amide bonds. The van der Waals surface area contributed by atoms with Gasteiger partial charge >= 0.3 is 0 Å². The number of hydrogen-bond acceptors (Lipinski definition) is 1. The summed E-state index contributed by atoms with van der Waals surface area (Å²) in [7, 11) is 0. The molecule has 2 rings (SSSR count). The molecule has 72 valence electrons. The Hall–Kier alpha value is 0.250. The van der Waals surface area contributed by atoms with Gasteiger partial charge in [0.1, 0.15) is 0 Å². The third kappa shape index (κ3) is 1.03. The van der Waals surface area contributed by atoms with Crippen LogP contribution in [-0.2, 0) is 0 Å². The quantitative estimate of drug-likeness (QED) is 0.528. The minimum absolute atomic E-state index is 0. The number of rotatable bonds is 0. The third-order valence-electron chi connectivity index (χ3n) is 4.38. The van der Waals surface area contributed by atoms with Crippen molar-refractivity contribution in [1.29, 1.82) is 0 Å². The van der Waals surface area contributed by atoms with Gasteiger partial charge in [-0.1, -0.05) is 20.8 Å². The summed E-state index contributed by atoms with van der Waals surface area (Å²) in [6.45, 7) is 7.05. The van der Waals surface area contributed by atoms with E-state index in [2.05, 4.69) is 20.8 Å². The first-order valence-corrected chi connectivity index (χ1v) is 4.72. The molecule has 0 aromatic rings. The van der Waals surface area contributed by atoms with E-state index in [9.17, 15) is 0 Å². The van der Waals surface area contributed by atoms with Gasteiger partial charge in [0, 0.05) is 6.04 Å². The molecule has 2 N–H and O–H groups in total. The Bertz CT molecular complexity index is 186. The minimum atomic E-state index is 0. The van der Waals surface area contributed by atoms with E-state index in [0.29, 0.717) is 16.9 Å². The van der Waals surface area contributed by atoms with Gasteiger partial charge in [-0.2, -0.15) is 0 Å². The fraction of sp³-hybridized carbons (Fsp3) is 1.00. The standard InChI is InChI=1S/C10H19N.ClH/c1-9(2)7-4-5-10(3,6-7)8(9)11;/h7-8H,4-6,11H2,1-3H3;1H/p-1. The predicted molar refractivity (Wildman–Crippen MR) is 47.2 cm³/mol. The highest BCUT2D eigenvalue weighted by Crippen LogP contribution is 2.61. The Morgan fingerprint density at radius 2 is 1.83 bits per heavy atom. The number of nitrogens with two attached hydrogens (primary N) is 1. The summed E-state index contributed by atoms with van der Waals surface area (Å²) in [5.41, 5.74) is 7.12. The molecule has 1 nitrogen and oxygen atoms in total. The highest BCUT2D eigenvalue weighted by Gasteiger charge is 2.57. The van der Waals surface area contributed by atoms with Gasteiger partial charge in [-0.05, 0) is 36.0 Å². The van der Waals surface area contributed by atoms with Gasteiger partial charge in [0.25, 0.3) is 0 Å². The minimum Gasteiger partial charge on any atom is -1.00 e. The first-order valence-electron chi connectivity index (χ1n) is 4.72. The van der Waals surface area contributed by atoms with Gasteiger partial charge in [0.2, 0.25) is 0 Å². The van der Waals surface area contributed by atoms with Crippen molar-refractivity contribution in [2.45, 2.75) is 46.1 Å². The summed E-state index contributed by atoms with van der Waals surface area (Å²) < 4.78 is 0. The first-order chi connectivity index (χ1) is 4.97. The van der Waals surface area contributed by atoms with Gasteiger partial charge in [-0.3, -0.25) is 0 Å². The number of halogens is 1. The molecule has 0 spiro atoms. The van der Waals surface area contributed by atoms with Crippen molar-refractivity contribution >= 4 is 0 Å². The molecule has 2 saturated carbocycles. The van der Waals surface area contributed by atoms with E-state index in [1.54, 1.807) is 0 Å². The van der Waals surface area contributed by atoms with E-state index in [1.807, 2.05) is 0 Å². The van der Waals surface area contributed by atoms with Crippen molar-refractivity contribution in [3.8, 4) is 0 Å². The summed E-state index contributed by atoms with van der Waals surface area (Å²) in [5.74, 6) is 0.905. The average molecular weight is 189 g/mol. The highest BCUT2D eigenvalue weighted by atomic mass is 35.5. The molecule has 3 atom stereocenters. The second-order valence-electron chi connectivity index (χ2n) is 5.39. The van der Waals surface area contributed by atoms with Crippen LogP contribution in [-0.4, -0.2) is 6.04 Å². The maximum Gasteiger partial charge on any atom is 0.0147 e.